The van der Waals surface area contributed by atoms with Gasteiger partial charge < -0.3 is 10.3 Å². The minimum Gasteiger partial charge on any atom is -0.352 e. The Hall–Kier alpha value is -2.74. The molecule has 0 unspecified atom stereocenters. The van der Waals surface area contributed by atoms with E-state index in [1.54, 1.807) is 0 Å². The van der Waals surface area contributed by atoms with Gasteiger partial charge in [-0.3, -0.25) is 14.7 Å². The third-order valence-corrected chi connectivity index (χ3v) is 3.94. The molecule has 22 heavy (non-hydrogen) atoms. The number of nitrogens with zero attached hydrogens (tertiary/aromatic N) is 2. The standard InChI is InChI=1S/C14H13N5O2S/c20-12-6-9(16-8-17-12)3-4-15-14(21)10-7-18-19-13(10)11-2-1-5-22-11/h1-2,5-8H,3-4H2,(H,15,21)(H,18,19)(H,16,17,20). The van der Waals surface area contributed by atoms with Gasteiger partial charge in [-0.15, -0.1) is 11.3 Å². The van der Waals surface area contributed by atoms with Gasteiger partial charge in [-0.1, -0.05) is 6.07 Å². The van der Waals surface area contributed by atoms with Crippen molar-refractivity contribution in [1.29, 1.82) is 0 Å². The Morgan fingerprint density at radius 2 is 2.32 bits per heavy atom. The monoisotopic (exact) mass is 315 g/mol. The summed E-state index contributed by atoms with van der Waals surface area (Å²) in [5.41, 5.74) is 1.64. The summed E-state index contributed by atoms with van der Waals surface area (Å²) in [4.78, 5) is 30.8. The van der Waals surface area contributed by atoms with Crippen LogP contribution in [0.3, 0.4) is 0 Å². The molecule has 0 saturated heterocycles. The van der Waals surface area contributed by atoms with Crippen molar-refractivity contribution in [2.45, 2.75) is 6.42 Å². The fourth-order valence-electron chi connectivity index (χ4n) is 2.01. The number of thiophene rings is 1. The minimum atomic E-state index is -0.206. The number of H-pyrrole nitrogens is 2. The van der Waals surface area contributed by atoms with Gasteiger partial charge >= 0.3 is 0 Å². The molecule has 3 heterocycles. The molecule has 0 saturated carbocycles. The van der Waals surface area contributed by atoms with E-state index in [1.807, 2.05) is 17.5 Å². The zero-order chi connectivity index (χ0) is 15.4. The molecule has 0 aliphatic heterocycles. The minimum absolute atomic E-state index is 0.203. The number of nitrogens with one attached hydrogen (secondary N) is 3. The van der Waals surface area contributed by atoms with Crippen molar-refractivity contribution in [3.05, 3.63) is 57.7 Å². The van der Waals surface area contributed by atoms with Gasteiger partial charge in [-0.05, 0) is 11.4 Å². The van der Waals surface area contributed by atoms with Gasteiger partial charge in [0, 0.05) is 24.7 Å². The Bertz CT molecular complexity index is 822. The van der Waals surface area contributed by atoms with Gasteiger partial charge in [0.2, 0.25) is 0 Å². The van der Waals surface area contributed by atoms with Crippen LogP contribution in [0.25, 0.3) is 10.6 Å². The fourth-order valence-corrected chi connectivity index (χ4v) is 2.75. The average molecular weight is 315 g/mol. The smallest absolute Gasteiger partial charge is 0.255 e. The molecule has 3 aromatic rings. The van der Waals surface area contributed by atoms with Crippen LogP contribution in [0.1, 0.15) is 16.1 Å². The molecule has 0 spiro atoms. The summed E-state index contributed by atoms with van der Waals surface area (Å²) >= 11 is 1.54. The maximum Gasteiger partial charge on any atom is 0.255 e. The van der Waals surface area contributed by atoms with Gasteiger partial charge in [0.1, 0.15) is 0 Å². The molecule has 3 aromatic heterocycles. The quantitative estimate of drug-likeness (QED) is 0.658. The number of hydrogen-bond acceptors (Lipinski definition) is 5. The molecule has 112 valence electrons. The summed E-state index contributed by atoms with van der Waals surface area (Å²) in [6.07, 6.45) is 3.35. The van der Waals surface area contributed by atoms with Crippen LogP contribution in [-0.2, 0) is 6.42 Å². The van der Waals surface area contributed by atoms with Crippen LogP contribution < -0.4 is 10.9 Å². The highest BCUT2D eigenvalue weighted by Gasteiger charge is 2.15. The largest absolute Gasteiger partial charge is 0.352 e. The lowest BCUT2D eigenvalue weighted by Gasteiger charge is -2.04. The summed E-state index contributed by atoms with van der Waals surface area (Å²) in [7, 11) is 0. The Morgan fingerprint density at radius 1 is 1.41 bits per heavy atom. The van der Waals surface area contributed by atoms with Crippen LogP contribution in [0.2, 0.25) is 0 Å². The number of amides is 1. The first-order chi connectivity index (χ1) is 10.7. The Labute approximate surface area is 129 Å². The summed E-state index contributed by atoms with van der Waals surface area (Å²) in [5.74, 6) is -0.206. The van der Waals surface area contributed by atoms with E-state index in [9.17, 15) is 9.59 Å². The van der Waals surface area contributed by atoms with Crippen molar-refractivity contribution in [2.75, 3.05) is 6.54 Å². The van der Waals surface area contributed by atoms with E-state index in [0.717, 1.165) is 4.88 Å². The third-order valence-electron chi connectivity index (χ3n) is 3.05. The van der Waals surface area contributed by atoms with Crippen molar-refractivity contribution >= 4 is 17.2 Å². The molecule has 0 atom stereocenters. The number of carbonyl (C=O) groups is 1. The first-order valence-electron chi connectivity index (χ1n) is 6.63. The number of rotatable bonds is 5. The van der Waals surface area contributed by atoms with Crippen molar-refractivity contribution in [2.24, 2.45) is 0 Å². The molecular weight excluding hydrogens is 302 g/mol. The topological polar surface area (TPSA) is 104 Å². The maximum absolute atomic E-state index is 12.2. The van der Waals surface area contributed by atoms with E-state index in [4.69, 9.17) is 0 Å². The number of aromatic nitrogens is 4. The number of carbonyl (C=O) groups excluding carboxylic acids is 1. The summed E-state index contributed by atoms with van der Waals surface area (Å²) < 4.78 is 0. The average Bonchev–Trinajstić information content (AvgIpc) is 3.18. The summed E-state index contributed by atoms with van der Waals surface area (Å²) in [6.45, 7) is 0.393. The first kappa shape index (κ1) is 14.2. The van der Waals surface area contributed by atoms with Gasteiger partial charge in [0.15, 0.2) is 0 Å². The van der Waals surface area contributed by atoms with Crippen LogP contribution in [0.5, 0.6) is 0 Å². The van der Waals surface area contributed by atoms with Crippen LogP contribution in [0, 0.1) is 0 Å². The Kier molecular flexibility index (Phi) is 4.10. The fraction of sp³-hybridized carbons (Fsp3) is 0.143. The van der Waals surface area contributed by atoms with E-state index in [0.29, 0.717) is 29.9 Å². The third kappa shape index (κ3) is 3.12. The second-order valence-electron chi connectivity index (χ2n) is 4.54. The van der Waals surface area contributed by atoms with Crippen molar-refractivity contribution < 1.29 is 4.79 Å². The second kappa shape index (κ2) is 6.35. The highest BCUT2D eigenvalue weighted by Crippen LogP contribution is 2.25. The molecule has 7 nitrogen and oxygen atoms in total. The maximum atomic E-state index is 12.2. The zero-order valence-corrected chi connectivity index (χ0v) is 12.3. The first-order valence-corrected chi connectivity index (χ1v) is 7.51. The highest BCUT2D eigenvalue weighted by atomic mass is 32.1. The Morgan fingerprint density at radius 3 is 3.09 bits per heavy atom. The van der Waals surface area contributed by atoms with Gasteiger partial charge in [0.25, 0.3) is 11.5 Å². The predicted molar refractivity (Wildman–Crippen MR) is 82.8 cm³/mol. The van der Waals surface area contributed by atoms with E-state index >= 15 is 0 Å². The lowest BCUT2D eigenvalue weighted by Crippen LogP contribution is -2.26. The van der Waals surface area contributed by atoms with Crippen molar-refractivity contribution in [3.8, 4) is 10.6 Å². The van der Waals surface area contributed by atoms with Crippen LogP contribution in [-0.4, -0.2) is 32.6 Å². The molecule has 0 bridgehead atoms. The van der Waals surface area contributed by atoms with E-state index in [-0.39, 0.29) is 11.5 Å². The van der Waals surface area contributed by atoms with Crippen molar-refractivity contribution in [1.82, 2.24) is 25.5 Å². The molecule has 8 heteroatoms. The molecule has 1 amide bonds. The molecule has 3 N–H and O–H groups in total. The molecule has 0 radical (unpaired) electrons. The Balaban J connectivity index is 1.64. The van der Waals surface area contributed by atoms with Crippen molar-refractivity contribution in [3.63, 3.8) is 0 Å². The predicted octanol–water partition coefficient (Wildman–Crippen LogP) is 1.19. The van der Waals surface area contributed by atoms with Crippen LogP contribution >= 0.6 is 11.3 Å². The summed E-state index contributed by atoms with van der Waals surface area (Å²) in [5, 5.41) is 11.5. The lowest BCUT2D eigenvalue weighted by molar-refractivity contribution is 0.0955. The molecule has 3 rings (SSSR count). The second-order valence-corrected chi connectivity index (χ2v) is 5.49. The molecule has 0 fully saturated rings. The van der Waals surface area contributed by atoms with Gasteiger partial charge in [-0.25, -0.2) is 4.98 Å². The normalized spacial score (nSPS) is 10.5. The van der Waals surface area contributed by atoms with Gasteiger partial charge in [-0.2, -0.15) is 5.10 Å². The van der Waals surface area contributed by atoms with E-state index in [1.165, 1.54) is 29.9 Å². The SMILES string of the molecule is O=C(NCCc1cc(=O)[nH]cn1)c1cn[nH]c1-c1cccs1. The highest BCUT2D eigenvalue weighted by molar-refractivity contribution is 7.13. The number of aromatic amines is 2. The lowest BCUT2D eigenvalue weighted by atomic mass is 10.2. The summed E-state index contributed by atoms with van der Waals surface area (Å²) in [6, 6.07) is 5.26. The molecular formula is C14H13N5O2S. The zero-order valence-electron chi connectivity index (χ0n) is 11.5. The van der Waals surface area contributed by atoms with Crippen LogP contribution in [0.4, 0.5) is 0 Å². The molecule has 0 aliphatic carbocycles. The van der Waals surface area contributed by atoms with Crippen LogP contribution in [0.15, 0.2) is 40.9 Å². The molecule has 0 aliphatic rings. The molecule has 0 aromatic carbocycles. The van der Waals surface area contributed by atoms with Gasteiger partial charge in [0.05, 0.1) is 28.7 Å². The number of hydrogen-bond donors (Lipinski definition) is 3. The van der Waals surface area contributed by atoms with E-state index in [2.05, 4.69) is 25.5 Å². The van der Waals surface area contributed by atoms with E-state index < -0.39 is 0 Å².